The molecule has 0 aliphatic heterocycles. The summed E-state index contributed by atoms with van der Waals surface area (Å²) in [5, 5.41) is 3.53. The Balaban J connectivity index is 1.84. The number of nitrogens with zero attached hydrogens (tertiary/aromatic N) is 1. The van der Waals surface area contributed by atoms with E-state index in [4.69, 9.17) is 22.9 Å². The predicted molar refractivity (Wildman–Crippen MR) is 87.2 cm³/mol. The fraction of sp³-hybridized carbons (Fsp3) is 0.625. The van der Waals surface area contributed by atoms with Crippen molar-refractivity contribution < 1.29 is 0 Å². The highest BCUT2D eigenvalue weighted by Crippen LogP contribution is 2.34. The van der Waals surface area contributed by atoms with Crippen molar-refractivity contribution in [3.05, 3.63) is 22.9 Å². The minimum atomic E-state index is 0.435. The maximum Gasteiger partial charge on any atom is 0.136 e. The van der Waals surface area contributed by atoms with E-state index in [2.05, 4.69) is 18.3 Å². The number of fused-ring (bicyclic) bond motifs is 1. The van der Waals surface area contributed by atoms with E-state index in [1.807, 2.05) is 0 Å². The molecule has 0 radical (unpaired) electrons. The SMILES string of the molecule is CC(CC1CC1)Nc1nc2c(cc1C(N)=S)CCCC2. The summed E-state index contributed by atoms with van der Waals surface area (Å²) in [4.78, 5) is 5.27. The Hall–Kier alpha value is -1.16. The molecule has 1 aromatic rings. The molecular formula is C16H23N3S. The molecule has 0 aromatic carbocycles. The Kier molecular flexibility index (Phi) is 3.92. The lowest BCUT2D eigenvalue weighted by atomic mass is 9.94. The molecule has 3 rings (SSSR count). The fourth-order valence-corrected chi connectivity index (χ4v) is 3.23. The lowest BCUT2D eigenvalue weighted by Crippen LogP contribution is -2.22. The van der Waals surface area contributed by atoms with Crippen LogP contribution in [-0.4, -0.2) is 16.0 Å². The van der Waals surface area contributed by atoms with Crippen LogP contribution in [0.4, 0.5) is 5.82 Å². The van der Waals surface area contributed by atoms with Crippen LogP contribution in [0.15, 0.2) is 6.07 Å². The number of nitrogens with two attached hydrogens (primary N) is 1. The molecule has 1 aromatic heterocycles. The van der Waals surface area contributed by atoms with Crippen LogP contribution in [0.1, 0.15) is 55.8 Å². The van der Waals surface area contributed by atoms with E-state index in [9.17, 15) is 0 Å². The minimum Gasteiger partial charge on any atom is -0.389 e. The second kappa shape index (κ2) is 5.68. The van der Waals surface area contributed by atoms with Crippen LogP contribution in [0.5, 0.6) is 0 Å². The standard InChI is InChI=1S/C16H23N3S/c1-10(8-11-6-7-11)18-16-13(15(17)20)9-12-4-2-3-5-14(12)19-16/h9-11H,2-8H2,1H3,(H2,17,20)(H,18,19). The first-order chi connectivity index (χ1) is 9.63. The summed E-state index contributed by atoms with van der Waals surface area (Å²) in [7, 11) is 0. The zero-order valence-corrected chi connectivity index (χ0v) is 12.9. The Morgan fingerprint density at radius 3 is 2.90 bits per heavy atom. The molecule has 1 heterocycles. The number of hydrogen-bond acceptors (Lipinski definition) is 3. The molecule has 2 aliphatic rings. The summed E-state index contributed by atoms with van der Waals surface area (Å²) in [6, 6.07) is 2.60. The molecule has 20 heavy (non-hydrogen) atoms. The quantitative estimate of drug-likeness (QED) is 0.817. The van der Waals surface area contributed by atoms with Crippen LogP contribution >= 0.6 is 12.2 Å². The van der Waals surface area contributed by atoms with Gasteiger partial charge in [0.1, 0.15) is 10.8 Å². The molecule has 108 valence electrons. The van der Waals surface area contributed by atoms with Crippen LogP contribution in [-0.2, 0) is 12.8 Å². The van der Waals surface area contributed by atoms with E-state index in [1.54, 1.807) is 0 Å². The highest BCUT2D eigenvalue weighted by Gasteiger charge is 2.24. The topological polar surface area (TPSA) is 50.9 Å². The van der Waals surface area contributed by atoms with Gasteiger partial charge in [0, 0.05) is 11.7 Å². The Morgan fingerprint density at radius 1 is 1.45 bits per heavy atom. The minimum absolute atomic E-state index is 0.435. The van der Waals surface area contributed by atoms with Crippen molar-refractivity contribution in [1.82, 2.24) is 4.98 Å². The van der Waals surface area contributed by atoms with Crippen LogP contribution < -0.4 is 11.1 Å². The largest absolute Gasteiger partial charge is 0.389 e. The van der Waals surface area contributed by atoms with Crippen molar-refractivity contribution >= 4 is 23.0 Å². The first-order valence-corrected chi connectivity index (χ1v) is 8.13. The molecule has 1 unspecified atom stereocenters. The number of thiocarbonyl (C=S) groups is 1. The second-order valence-corrected chi connectivity index (χ2v) is 6.73. The number of anilines is 1. The molecule has 0 saturated heterocycles. The average Bonchev–Trinajstić information content (AvgIpc) is 3.21. The molecule has 1 fully saturated rings. The highest BCUT2D eigenvalue weighted by molar-refractivity contribution is 7.80. The number of aryl methyl sites for hydroxylation is 2. The van der Waals surface area contributed by atoms with Crippen LogP contribution in [0.3, 0.4) is 0 Å². The van der Waals surface area contributed by atoms with Crippen molar-refractivity contribution in [3.63, 3.8) is 0 Å². The van der Waals surface area contributed by atoms with E-state index in [-0.39, 0.29) is 0 Å². The second-order valence-electron chi connectivity index (χ2n) is 6.29. The molecule has 2 aliphatic carbocycles. The smallest absolute Gasteiger partial charge is 0.136 e. The zero-order chi connectivity index (χ0) is 14.1. The molecule has 3 N–H and O–H groups in total. The van der Waals surface area contributed by atoms with E-state index < -0.39 is 0 Å². The van der Waals surface area contributed by atoms with Gasteiger partial charge >= 0.3 is 0 Å². The van der Waals surface area contributed by atoms with Crippen molar-refractivity contribution in [3.8, 4) is 0 Å². The van der Waals surface area contributed by atoms with Gasteiger partial charge < -0.3 is 11.1 Å². The number of nitrogens with one attached hydrogen (secondary N) is 1. The molecular weight excluding hydrogens is 266 g/mol. The summed E-state index contributed by atoms with van der Waals surface area (Å²) < 4.78 is 0. The normalized spacial score (nSPS) is 19.2. The molecule has 0 amide bonds. The third-order valence-electron chi connectivity index (χ3n) is 4.33. The summed E-state index contributed by atoms with van der Waals surface area (Å²) in [5.41, 5.74) is 9.37. The van der Waals surface area contributed by atoms with Crippen LogP contribution in [0, 0.1) is 5.92 Å². The van der Waals surface area contributed by atoms with Gasteiger partial charge in [-0.05, 0) is 56.6 Å². The summed E-state index contributed by atoms with van der Waals surface area (Å²) in [6.07, 6.45) is 8.65. The number of rotatable bonds is 5. The van der Waals surface area contributed by atoms with Crippen molar-refractivity contribution in [2.75, 3.05) is 5.32 Å². The van der Waals surface area contributed by atoms with Gasteiger partial charge in [0.25, 0.3) is 0 Å². The van der Waals surface area contributed by atoms with Gasteiger partial charge in [-0.3, -0.25) is 0 Å². The van der Waals surface area contributed by atoms with Gasteiger partial charge in [-0.1, -0.05) is 25.1 Å². The van der Waals surface area contributed by atoms with Gasteiger partial charge in [0.15, 0.2) is 0 Å². The third-order valence-corrected chi connectivity index (χ3v) is 4.55. The van der Waals surface area contributed by atoms with Crippen molar-refractivity contribution in [2.24, 2.45) is 11.7 Å². The first-order valence-electron chi connectivity index (χ1n) is 7.72. The number of aromatic nitrogens is 1. The monoisotopic (exact) mass is 289 g/mol. The number of hydrogen-bond donors (Lipinski definition) is 2. The summed E-state index contributed by atoms with van der Waals surface area (Å²) >= 11 is 5.21. The molecule has 0 spiro atoms. The van der Waals surface area contributed by atoms with Gasteiger partial charge in [0.2, 0.25) is 0 Å². The van der Waals surface area contributed by atoms with Gasteiger partial charge in [-0.2, -0.15) is 0 Å². The van der Waals surface area contributed by atoms with E-state index in [1.165, 1.54) is 43.4 Å². The lowest BCUT2D eigenvalue weighted by molar-refractivity contribution is 0.635. The Morgan fingerprint density at radius 2 is 2.20 bits per heavy atom. The lowest BCUT2D eigenvalue weighted by Gasteiger charge is -2.21. The summed E-state index contributed by atoms with van der Waals surface area (Å²) in [5.74, 6) is 1.80. The van der Waals surface area contributed by atoms with Gasteiger partial charge in [-0.15, -0.1) is 0 Å². The fourth-order valence-electron chi connectivity index (χ4n) is 3.08. The molecule has 0 bridgehead atoms. The molecule has 1 atom stereocenters. The average molecular weight is 289 g/mol. The predicted octanol–water partition coefficient (Wildman–Crippen LogP) is 3.20. The maximum absolute atomic E-state index is 5.89. The van der Waals surface area contributed by atoms with Crippen LogP contribution in [0.25, 0.3) is 0 Å². The summed E-state index contributed by atoms with van der Waals surface area (Å²) in [6.45, 7) is 2.22. The van der Waals surface area contributed by atoms with E-state index in [0.29, 0.717) is 11.0 Å². The van der Waals surface area contributed by atoms with Gasteiger partial charge in [0.05, 0.1) is 5.56 Å². The van der Waals surface area contributed by atoms with E-state index in [0.717, 1.165) is 30.1 Å². The molecule has 3 nitrogen and oxygen atoms in total. The Bertz CT molecular complexity index is 523. The number of pyridine rings is 1. The molecule has 1 saturated carbocycles. The van der Waals surface area contributed by atoms with Crippen molar-refractivity contribution in [1.29, 1.82) is 0 Å². The first kappa shape index (κ1) is 13.8. The highest BCUT2D eigenvalue weighted by atomic mass is 32.1. The third kappa shape index (κ3) is 3.11. The maximum atomic E-state index is 5.89. The Labute approximate surface area is 126 Å². The van der Waals surface area contributed by atoms with Gasteiger partial charge in [-0.25, -0.2) is 4.98 Å². The van der Waals surface area contributed by atoms with Crippen LogP contribution in [0.2, 0.25) is 0 Å². The zero-order valence-electron chi connectivity index (χ0n) is 12.1. The molecule has 4 heteroatoms. The van der Waals surface area contributed by atoms with Crippen molar-refractivity contribution in [2.45, 2.75) is 57.9 Å². The van der Waals surface area contributed by atoms with E-state index >= 15 is 0 Å².